The third-order valence-corrected chi connectivity index (χ3v) is 3.85. The van der Waals surface area contributed by atoms with Gasteiger partial charge in [-0.05, 0) is 32.4 Å². The van der Waals surface area contributed by atoms with Gasteiger partial charge in [-0.3, -0.25) is 13.9 Å². The van der Waals surface area contributed by atoms with E-state index >= 15 is 0 Å². The first-order valence-corrected chi connectivity index (χ1v) is 7.99. The lowest BCUT2D eigenvalue weighted by Crippen LogP contribution is -2.44. The highest BCUT2D eigenvalue weighted by Gasteiger charge is 2.15. The van der Waals surface area contributed by atoms with Crippen molar-refractivity contribution in [3.63, 3.8) is 0 Å². The zero-order chi connectivity index (χ0) is 18.6. The molecule has 1 atom stereocenters. The summed E-state index contributed by atoms with van der Waals surface area (Å²) in [7, 11) is 0. The Hall–Kier alpha value is -2.85. The normalized spacial score (nSPS) is 11.8. The van der Waals surface area contributed by atoms with Gasteiger partial charge >= 0.3 is 5.69 Å². The monoisotopic (exact) mass is 343 g/mol. The number of aryl methyl sites for hydroxylation is 3. The summed E-state index contributed by atoms with van der Waals surface area (Å²) in [6.07, 6.45) is 0.171. The molecule has 1 aromatic carbocycles. The summed E-state index contributed by atoms with van der Waals surface area (Å²) in [5, 5.41) is 19.2. The van der Waals surface area contributed by atoms with Gasteiger partial charge in [-0.15, -0.1) is 0 Å². The van der Waals surface area contributed by atoms with Crippen molar-refractivity contribution in [2.75, 3.05) is 6.61 Å². The molecule has 7 heteroatoms. The van der Waals surface area contributed by atoms with Gasteiger partial charge in [0.15, 0.2) is 0 Å². The van der Waals surface area contributed by atoms with E-state index < -0.39 is 17.4 Å². The Balaban J connectivity index is 2.18. The maximum atomic E-state index is 12.3. The van der Waals surface area contributed by atoms with Gasteiger partial charge in [-0.25, -0.2) is 4.79 Å². The number of nitrogens with zero attached hydrogens (tertiary/aromatic N) is 3. The number of rotatable bonds is 6. The van der Waals surface area contributed by atoms with Gasteiger partial charge in [0.2, 0.25) is 0 Å². The molecule has 25 heavy (non-hydrogen) atoms. The zero-order valence-electron chi connectivity index (χ0n) is 14.5. The largest absolute Gasteiger partial charge is 0.491 e. The number of nitriles is 1. The molecule has 0 bridgehead atoms. The van der Waals surface area contributed by atoms with E-state index in [1.54, 1.807) is 13.0 Å². The molecule has 0 aliphatic carbocycles. The summed E-state index contributed by atoms with van der Waals surface area (Å²) < 4.78 is 7.71. The van der Waals surface area contributed by atoms with Crippen LogP contribution in [0.5, 0.6) is 5.75 Å². The highest BCUT2D eigenvalue weighted by Crippen LogP contribution is 2.18. The maximum Gasteiger partial charge on any atom is 0.331 e. The second-order valence-electron chi connectivity index (χ2n) is 5.87. The number of aliphatic hydroxyl groups is 1. The summed E-state index contributed by atoms with van der Waals surface area (Å²) in [6.45, 7) is 5.62. The Bertz CT molecular complexity index is 921. The van der Waals surface area contributed by atoms with Crippen LogP contribution in [0.4, 0.5) is 0 Å². The molecular formula is C18H21N3O4. The molecular weight excluding hydrogens is 322 g/mol. The van der Waals surface area contributed by atoms with Gasteiger partial charge in [0.1, 0.15) is 30.1 Å². The van der Waals surface area contributed by atoms with E-state index in [1.165, 1.54) is 10.8 Å². The van der Waals surface area contributed by atoms with Gasteiger partial charge in [0, 0.05) is 12.7 Å². The summed E-state index contributed by atoms with van der Waals surface area (Å²) in [6, 6.07) is 7.44. The van der Waals surface area contributed by atoms with Gasteiger partial charge in [-0.1, -0.05) is 17.7 Å². The molecule has 0 spiro atoms. The minimum absolute atomic E-state index is 0.0707. The molecule has 0 saturated heterocycles. The number of ether oxygens (including phenoxy) is 1. The number of aliphatic hydroxyl groups excluding tert-OH is 1. The molecule has 1 N–H and O–H groups in total. The average molecular weight is 343 g/mol. The fraction of sp³-hybridized carbons (Fsp3) is 0.389. The summed E-state index contributed by atoms with van der Waals surface area (Å²) in [4.78, 5) is 24.4. The highest BCUT2D eigenvalue weighted by molar-refractivity contribution is 5.35. The molecule has 0 aliphatic rings. The number of hydrogen-bond acceptors (Lipinski definition) is 5. The Morgan fingerprint density at radius 2 is 2.04 bits per heavy atom. The van der Waals surface area contributed by atoms with Crippen LogP contribution >= 0.6 is 0 Å². The lowest BCUT2D eigenvalue weighted by Gasteiger charge is -2.16. The van der Waals surface area contributed by atoms with Crippen LogP contribution in [-0.2, 0) is 13.1 Å². The molecule has 1 aromatic heterocycles. The first kappa shape index (κ1) is 18.5. The Labute approximate surface area is 145 Å². The molecule has 0 amide bonds. The van der Waals surface area contributed by atoms with Crippen LogP contribution in [0.2, 0.25) is 0 Å². The molecule has 0 aliphatic heterocycles. The van der Waals surface area contributed by atoms with Crippen molar-refractivity contribution in [1.29, 1.82) is 5.26 Å². The molecule has 0 saturated carbocycles. The molecule has 7 nitrogen and oxygen atoms in total. The lowest BCUT2D eigenvalue weighted by atomic mass is 10.1. The fourth-order valence-corrected chi connectivity index (χ4v) is 2.53. The van der Waals surface area contributed by atoms with Crippen molar-refractivity contribution in [3.05, 3.63) is 61.9 Å². The van der Waals surface area contributed by atoms with Crippen LogP contribution in [0.25, 0.3) is 0 Å². The Kier molecular flexibility index (Phi) is 5.78. The smallest absolute Gasteiger partial charge is 0.331 e. The second-order valence-corrected chi connectivity index (χ2v) is 5.87. The van der Waals surface area contributed by atoms with E-state index in [-0.39, 0.29) is 18.7 Å². The summed E-state index contributed by atoms with van der Waals surface area (Å²) >= 11 is 0. The second kappa shape index (κ2) is 7.81. The van der Waals surface area contributed by atoms with E-state index in [0.29, 0.717) is 12.3 Å². The van der Waals surface area contributed by atoms with Crippen LogP contribution < -0.4 is 16.0 Å². The molecule has 132 valence electrons. The van der Waals surface area contributed by atoms with E-state index in [9.17, 15) is 14.7 Å². The van der Waals surface area contributed by atoms with Gasteiger partial charge in [0.05, 0.1) is 6.54 Å². The standard InChI is InChI=1S/C18H21N3O4/c1-4-20-9-14(8-19)17(23)21(18(20)24)10-15(22)11-25-16-6-5-12(2)7-13(16)3/h5-7,9,15,22H,4,10-11H2,1-3H3/t15-/m0/s1. The van der Waals surface area contributed by atoms with Gasteiger partial charge in [0.25, 0.3) is 5.56 Å². The topological polar surface area (TPSA) is 97.2 Å². The predicted octanol–water partition coefficient (Wildman–Crippen LogP) is 0.958. The molecule has 1 heterocycles. The summed E-state index contributed by atoms with van der Waals surface area (Å²) in [5.74, 6) is 0.633. The van der Waals surface area contributed by atoms with Crippen molar-refractivity contribution in [2.45, 2.75) is 40.0 Å². The first-order chi connectivity index (χ1) is 11.9. The van der Waals surface area contributed by atoms with Crippen LogP contribution in [-0.4, -0.2) is 27.0 Å². The molecule has 2 rings (SSSR count). The van der Waals surface area contributed by atoms with Gasteiger partial charge < -0.3 is 9.84 Å². The SMILES string of the molecule is CCn1cc(C#N)c(=O)n(C[C@H](O)COc2ccc(C)cc2C)c1=O. The van der Waals surface area contributed by atoms with E-state index in [1.807, 2.05) is 32.0 Å². The predicted molar refractivity (Wildman–Crippen MR) is 92.8 cm³/mol. The lowest BCUT2D eigenvalue weighted by molar-refractivity contribution is 0.0896. The van der Waals surface area contributed by atoms with Crippen molar-refractivity contribution >= 4 is 0 Å². The maximum absolute atomic E-state index is 12.3. The minimum atomic E-state index is -1.06. The Morgan fingerprint density at radius 1 is 1.32 bits per heavy atom. The number of hydrogen-bond donors (Lipinski definition) is 1. The fourth-order valence-electron chi connectivity index (χ4n) is 2.53. The highest BCUT2D eigenvalue weighted by atomic mass is 16.5. The zero-order valence-corrected chi connectivity index (χ0v) is 14.5. The minimum Gasteiger partial charge on any atom is -0.491 e. The van der Waals surface area contributed by atoms with E-state index in [0.717, 1.165) is 15.7 Å². The summed E-state index contributed by atoms with van der Waals surface area (Å²) in [5.41, 5.74) is 0.637. The number of aromatic nitrogens is 2. The molecule has 0 unspecified atom stereocenters. The number of benzene rings is 1. The molecule has 0 fully saturated rings. The van der Waals surface area contributed by atoms with Crippen LogP contribution in [0.15, 0.2) is 34.0 Å². The van der Waals surface area contributed by atoms with Gasteiger partial charge in [-0.2, -0.15) is 5.26 Å². The van der Waals surface area contributed by atoms with E-state index in [2.05, 4.69) is 0 Å². The van der Waals surface area contributed by atoms with Crippen molar-refractivity contribution < 1.29 is 9.84 Å². The third-order valence-electron chi connectivity index (χ3n) is 3.85. The average Bonchev–Trinajstić information content (AvgIpc) is 2.58. The van der Waals surface area contributed by atoms with Crippen molar-refractivity contribution in [1.82, 2.24) is 9.13 Å². The Morgan fingerprint density at radius 3 is 2.64 bits per heavy atom. The quantitative estimate of drug-likeness (QED) is 0.842. The van der Waals surface area contributed by atoms with E-state index in [4.69, 9.17) is 10.00 Å². The van der Waals surface area contributed by atoms with Crippen molar-refractivity contribution in [3.8, 4) is 11.8 Å². The molecule has 0 radical (unpaired) electrons. The first-order valence-electron chi connectivity index (χ1n) is 7.99. The van der Waals surface area contributed by atoms with Crippen molar-refractivity contribution in [2.24, 2.45) is 0 Å². The van der Waals surface area contributed by atoms with Crippen LogP contribution in [0, 0.1) is 25.2 Å². The van der Waals surface area contributed by atoms with Crippen LogP contribution in [0.3, 0.4) is 0 Å². The third kappa shape index (κ3) is 4.17. The van der Waals surface area contributed by atoms with Crippen LogP contribution in [0.1, 0.15) is 23.6 Å². The molecule has 2 aromatic rings.